The molecular weight excluding hydrogens is 208 g/mol. The lowest BCUT2D eigenvalue weighted by molar-refractivity contribution is 0.183. The van der Waals surface area contributed by atoms with Crippen molar-refractivity contribution in [2.45, 2.75) is 32.7 Å². The van der Waals surface area contributed by atoms with Crippen LogP contribution in [0.5, 0.6) is 0 Å². The van der Waals surface area contributed by atoms with Gasteiger partial charge in [0.15, 0.2) is 0 Å². The predicted molar refractivity (Wildman–Crippen MR) is 61.9 cm³/mol. The Balaban J connectivity index is 3.33. The molecule has 0 fully saturated rings. The van der Waals surface area contributed by atoms with E-state index in [2.05, 4.69) is 4.98 Å². The number of aromatic nitrogens is 2. The van der Waals surface area contributed by atoms with Gasteiger partial charge in [0.25, 0.3) is 5.56 Å². The highest BCUT2D eigenvalue weighted by Gasteiger charge is 2.19. The van der Waals surface area contributed by atoms with Gasteiger partial charge in [0.1, 0.15) is 0 Å². The van der Waals surface area contributed by atoms with Crippen molar-refractivity contribution in [1.29, 1.82) is 0 Å². The van der Waals surface area contributed by atoms with Crippen molar-refractivity contribution < 1.29 is 4.74 Å². The van der Waals surface area contributed by atoms with Crippen LogP contribution in [-0.4, -0.2) is 23.3 Å². The maximum atomic E-state index is 11.7. The van der Waals surface area contributed by atoms with Crippen LogP contribution in [0.15, 0.2) is 15.7 Å². The highest BCUT2D eigenvalue weighted by molar-refractivity contribution is 5.12. The summed E-state index contributed by atoms with van der Waals surface area (Å²) < 4.78 is 6.49. The molecule has 90 valence electrons. The van der Waals surface area contributed by atoms with E-state index in [1.165, 1.54) is 6.07 Å². The minimum absolute atomic E-state index is 0.249. The number of rotatable bonds is 3. The second-order valence-electron chi connectivity index (χ2n) is 4.72. The summed E-state index contributed by atoms with van der Waals surface area (Å²) in [6, 6.07) is 1.47. The lowest BCUT2D eigenvalue weighted by Gasteiger charge is -2.23. The largest absolute Gasteiger partial charge is 0.383 e. The normalized spacial score (nSPS) is 11.8. The van der Waals surface area contributed by atoms with Crippen molar-refractivity contribution >= 4 is 0 Å². The van der Waals surface area contributed by atoms with Gasteiger partial charge < -0.3 is 4.74 Å². The molecule has 1 aromatic heterocycles. The van der Waals surface area contributed by atoms with E-state index >= 15 is 0 Å². The first-order chi connectivity index (χ1) is 7.36. The lowest BCUT2D eigenvalue weighted by atomic mass is 9.91. The number of nitrogens with zero attached hydrogens (tertiary/aromatic N) is 1. The summed E-state index contributed by atoms with van der Waals surface area (Å²) in [4.78, 5) is 25.2. The molecule has 0 saturated heterocycles. The van der Waals surface area contributed by atoms with Crippen molar-refractivity contribution in [2.75, 3.05) is 13.7 Å². The molecule has 0 radical (unpaired) electrons. The summed E-state index contributed by atoms with van der Waals surface area (Å²) in [6.45, 7) is 6.77. The van der Waals surface area contributed by atoms with Gasteiger partial charge in [-0.25, -0.2) is 4.79 Å². The standard InChI is InChI=1S/C11H18N2O3/c1-11(2,3)8-7-9(14)12-10(15)13(8)5-6-16-4/h7H,5-6H2,1-4H3,(H,12,14,15). The van der Waals surface area contributed by atoms with Crippen molar-refractivity contribution in [3.8, 4) is 0 Å². The SMILES string of the molecule is COCCn1c(C(C)(C)C)cc(=O)[nH]c1=O. The zero-order chi connectivity index (χ0) is 12.3. The molecule has 1 rings (SSSR count). The van der Waals surface area contributed by atoms with Gasteiger partial charge >= 0.3 is 5.69 Å². The van der Waals surface area contributed by atoms with Crippen LogP contribution >= 0.6 is 0 Å². The van der Waals surface area contributed by atoms with E-state index in [0.717, 1.165) is 5.69 Å². The first-order valence-corrected chi connectivity index (χ1v) is 5.20. The van der Waals surface area contributed by atoms with Crippen LogP contribution in [0.4, 0.5) is 0 Å². The number of H-pyrrole nitrogens is 1. The third kappa shape index (κ3) is 2.82. The van der Waals surface area contributed by atoms with Gasteiger partial charge in [-0.3, -0.25) is 14.3 Å². The molecule has 0 unspecified atom stereocenters. The van der Waals surface area contributed by atoms with Crippen LogP contribution in [-0.2, 0) is 16.7 Å². The third-order valence-electron chi connectivity index (χ3n) is 2.32. The molecule has 0 atom stereocenters. The zero-order valence-corrected chi connectivity index (χ0v) is 10.2. The number of ether oxygens (including phenoxy) is 1. The van der Waals surface area contributed by atoms with E-state index in [-0.39, 0.29) is 16.7 Å². The topological polar surface area (TPSA) is 64.1 Å². The van der Waals surface area contributed by atoms with Gasteiger partial charge in [-0.15, -0.1) is 0 Å². The minimum Gasteiger partial charge on any atom is -0.383 e. The molecule has 0 aliphatic rings. The van der Waals surface area contributed by atoms with E-state index in [0.29, 0.717) is 13.2 Å². The summed E-state index contributed by atoms with van der Waals surface area (Å²) in [5, 5.41) is 0. The third-order valence-corrected chi connectivity index (χ3v) is 2.32. The summed E-state index contributed by atoms with van der Waals surface area (Å²) in [7, 11) is 1.58. The Kier molecular flexibility index (Phi) is 3.70. The van der Waals surface area contributed by atoms with Gasteiger partial charge in [-0.2, -0.15) is 0 Å². The van der Waals surface area contributed by atoms with Gasteiger partial charge in [0.05, 0.1) is 13.2 Å². The van der Waals surface area contributed by atoms with Gasteiger partial charge in [0, 0.05) is 24.3 Å². The average molecular weight is 226 g/mol. The number of aromatic amines is 1. The Morgan fingerprint density at radius 2 is 2.00 bits per heavy atom. The van der Waals surface area contributed by atoms with E-state index in [4.69, 9.17) is 4.74 Å². The molecule has 0 aromatic carbocycles. The Morgan fingerprint density at radius 3 is 2.50 bits per heavy atom. The van der Waals surface area contributed by atoms with Crippen molar-refractivity contribution in [3.05, 3.63) is 32.6 Å². The van der Waals surface area contributed by atoms with Crippen LogP contribution in [0.1, 0.15) is 26.5 Å². The van der Waals surface area contributed by atoms with E-state index in [9.17, 15) is 9.59 Å². The molecule has 0 amide bonds. The minimum atomic E-state index is -0.380. The fraction of sp³-hybridized carbons (Fsp3) is 0.636. The first kappa shape index (κ1) is 12.7. The van der Waals surface area contributed by atoms with Gasteiger partial charge in [0.2, 0.25) is 0 Å². The number of nitrogens with one attached hydrogen (secondary N) is 1. The summed E-state index contributed by atoms with van der Waals surface area (Å²) in [5.41, 5.74) is -0.266. The molecule has 0 bridgehead atoms. The summed E-state index contributed by atoms with van der Waals surface area (Å²) >= 11 is 0. The quantitative estimate of drug-likeness (QED) is 0.815. The van der Waals surface area contributed by atoms with Crippen LogP contribution in [0, 0.1) is 0 Å². The average Bonchev–Trinajstić information content (AvgIpc) is 2.14. The van der Waals surface area contributed by atoms with Crippen LogP contribution in [0.3, 0.4) is 0 Å². The molecular formula is C11H18N2O3. The molecule has 1 aromatic rings. The fourth-order valence-corrected chi connectivity index (χ4v) is 1.55. The van der Waals surface area contributed by atoms with Crippen molar-refractivity contribution in [3.63, 3.8) is 0 Å². The van der Waals surface area contributed by atoms with E-state index in [1.54, 1.807) is 11.7 Å². The molecule has 16 heavy (non-hydrogen) atoms. The first-order valence-electron chi connectivity index (χ1n) is 5.20. The molecule has 0 aliphatic heterocycles. The molecule has 1 heterocycles. The molecule has 0 saturated carbocycles. The second kappa shape index (κ2) is 4.65. The second-order valence-corrected chi connectivity index (χ2v) is 4.72. The zero-order valence-electron chi connectivity index (χ0n) is 10.2. The Morgan fingerprint density at radius 1 is 1.38 bits per heavy atom. The van der Waals surface area contributed by atoms with Gasteiger partial charge in [-0.05, 0) is 0 Å². The Labute approximate surface area is 94.1 Å². The number of hydrogen-bond acceptors (Lipinski definition) is 3. The highest BCUT2D eigenvalue weighted by atomic mass is 16.5. The highest BCUT2D eigenvalue weighted by Crippen LogP contribution is 2.19. The Bertz CT molecular complexity index is 465. The maximum Gasteiger partial charge on any atom is 0.328 e. The molecule has 5 heteroatoms. The maximum absolute atomic E-state index is 11.7. The fourth-order valence-electron chi connectivity index (χ4n) is 1.55. The summed E-state index contributed by atoms with van der Waals surface area (Å²) in [5.74, 6) is 0. The molecule has 0 spiro atoms. The Hall–Kier alpha value is -1.36. The van der Waals surface area contributed by atoms with Crippen molar-refractivity contribution in [1.82, 2.24) is 9.55 Å². The van der Waals surface area contributed by atoms with Crippen LogP contribution in [0.2, 0.25) is 0 Å². The number of methoxy groups -OCH3 is 1. The molecule has 1 N–H and O–H groups in total. The van der Waals surface area contributed by atoms with Gasteiger partial charge in [-0.1, -0.05) is 20.8 Å². The summed E-state index contributed by atoms with van der Waals surface area (Å²) in [6.07, 6.45) is 0. The van der Waals surface area contributed by atoms with Crippen LogP contribution in [0.25, 0.3) is 0 Å². The molecule has 5 nitrogen and oxygen atoms in total. The monoisotopic (exact) mass is 226 g/mol. The predicted octanol–water partition coefficient (Wildman–Crippen LogP) is 0.481. The van der Waals surface area contributed by atoms with Crippen molar-refractivity contribution in [2.24, 2.45) is 0 Å². The smallest absolute Gasteiger partial charge is 0.328 e. The van der Waals surface area contributed by atoms with E-state index < -0.39 is 0 Å². The number of hydrogen-bond donors (Lipinski definition) is 1. The lowest BCUT2D eigenvalue weighted by Crippen LogP contribution is -2.37. The van der Waals surface area contributed by atoms with E-state index in [1.807, 2.05) is 20.8 Å². The van der Waals surface area contributed by atoms with Crippen LogP contribution < -0.4 is 11.2 Å². The molecule has 0 aliphatic carbocycles.